The molecular formula is C16H21BO2. The van der Waals surface area contributed by atoms with E-state index in [1.54, 1.807) is 0 Å². The maximum absolute atomic E-state index is 5.85. The van der Waals surface area contributed by atoms with Crippen LogP contribution in [0.1, 0.15) is 32.8 Å². The van der Waals surface area contributed by atoms with Gasteiger partial charge in [0, 0.05) is 6.10 Å². The molecule has 1 saturated heterocycles. The topological polar surface area (TPSA) is 18.5 Å². The van der Waals surface area contributed by atoms with Gasteiger partial charge in [-0.2, -0.15) is 0 Å². The predicted octanol–water partition coefficient (Wildman–Crippen LogP) is 3.89. The van der Waals surface area contributed by atoms with Crippen LogP contribution in [0.5, 0.6) is 0 Å². The molecule has 0 bridgehead atoms. The zero-order valence-corrected chi connectivity index (χ0v) is 11.9. The highest BCUT2D eigenvalue weighted by atomic mass is 16.6. The minimum atomic E-state index is -0.251. The van der Waals surface area contributed by atoms with Crippen molar-refractivity contribution in [1.82, 2.24) is 0 Å². The fourth-order valence-electron chi connectivity index (χ4n) is 2.33. The average Bonchev–Trinajstić information content (AvgIpc) is 2.33. The molecule has 1 heterocycles. The molecule has 0 aromatic heterocycles. The van der Waals surface area contributed by atoms with Crippen LogP contribution in [0.3, 0.4) is 0 Å². The number of rotatable bonds is 3. The van der Waals surface area contributed by atoms with E-state index in [2.05, 4.69) is 39.0 Å². The summed E-state index contributed by atoms with van der Waals surface area (Å²) in [7, 11) is -0.251. The van der Waals surface area contributed by atoms with Crippen molar-refractivity contribution < 1.29 is 9.31 Å². The quantitative estimate of drug-likeness (QED) is 0.603. The molecule has 0 radical (unpaired) electrons. The monoisotopic (exact) mass is 256 g/mol. The van der Waals surface area contributed by atoms with Crippen molar-refractivity contribution in [1.29, 1.82) is 0 Å². The third kappa shape index (κ3) is 4.69. The van der Waals surface area contributed by atoms with Crippen LogP contribution in [0.25, 0.3) is 6.08 Å². The van der Waals surface area contributed by atoms with Crippen molar-refractivity contribution in [2.24, 2.45) is 0 Å². The standard InChI is InChI=1S/C16H21BO2/c1-14-13-16(2,3)19-17(18-14)12-8-7-11-15-9-5-4-6-10-15/h4-12,14H,13H2,1-3H3/b11-7-,12-8+. The average molecular weight is 256 g/mol. The molecule has 2 rings (SSSR count). The van der Waals surface area contributed by atoms with E-state index < -0.39 is 0 Å². The summed E-state index contributed by atoms with van der Waals surface area (Å²) in [6.07, 6.45) is 7.21. The van der Waals surface area contributed by atoms with Crippen molar-refractivity contribution in [2.45, 2.75) is 38.9 Å². The summed E-state index contributed by atoms with van der Waals surface area (Å²) >= 11 is 0. The van der Waals surface area contributed by atoms with E-state index in [4.69, 9.17) is 9.31 Å². The van der Waals surface area contributed by atoms with Crippen LogP contribution >= 0.6 is 0 Å². The predicted molar refractivity (Wildman–Crippen MR) is 80.7 cm³/mol. The first kappa shape index (κ1) is 14.1. The molecular weight excluding hydrogens is 235 g/mol. The lowest BCUT2D eigenvalue weighted by atomic mass is 9.82. The van der Waals surface area contributed by atoms with Crippen molar-refractivity contribution in [3.8, 4) is 0 Å². The molecule has 0 amide bonds. The fourth-order valence-corrected chi connectivity index (χ4v) is 2.33. The van der Waals surface area contributed by atoms with Crippen molar-refractivity contribution in [3.63, 3.8) is 0 Å². The first-order chi connectivity index (χ1) is 9.05. The van der Waals surface area contributed by atoms with Gasteiger partial charge in [0.15, 0.2) is 0 Å². The van der Waals surface area contributed by atoms with Gasteiger partial charge in [0.2, 0.25) is 0 Å². The van der Waals surface area contributed by atoms with E-state index in [1.165, 1.54) is 5.56 Å². The minimum Gasteiger partial charge on any atom is -0.405 e. The van der Waals surface area contributed by atoms with Crippen LogP contribution in [0.2, 0.25) is 0 Å². The first-order valence-corrected chi connectivity index (χ1v) is 6.78. The van der Waals surface area contributed by atoms with Gasteiger partial charge in [-0.15, -0.1) is 0 Å². The van der Waals surface area contributed by atoms with Gasteiger partial charge in [0.05, 0.1) is 5.60 Å². The summed E-state index contributed by atoms with van der Waals surface area (Å²) in [4.78, 5) is 0. The third-order valence-corrected chi connectivity index (χ3v) is 3.05. The lowest BCUT2D eigenvalue weighted by molar-refractivity contribution is -0.0236. The molecule has 1 fully saturated rings. The van der Waals surface area contributed by atoms with E-state index in [0.29, 0.717) is 0 Å². The number of allylic oxidation sites excluding steroid dienone is 2. The Morgan fingerprint density at radius 3 is 2.63 bits per heavy atom. The fraction of sp³-hybridized carbons (Fsp3) is 0.375. The summed E-state index contributed by atoms with van der Waals surface area (Å²) in [5, 5.41) is 0. The second kappa shape index (κ2) is 6.22. The molecule has 1 aliphatic heterocycles. The highest BCUT2D eigenvalue weighted by Gasteiger charge is 2.35. The molecule has 0 spiro atoms. The molecule has 0 N–H and O–H groups in total. The van der Waals surface area contributed by atoms with Crippen molar-refractivity contribution >= 4 is 13.2 Å². The van der Waals surface area contributed by atoms with Crippen molar-refractivity contribution in [3.05, 3.63) is 54.0 Å². The van der Waals surface area contributed by atoms with E-state index in [-0.39, 0.29) is 18.8 Å². The lowest BCUT2D eigenvalue weighted by Crippen LogP contribution is -2.45. The Bertz CT molecular complexity index is 451. The van der Waals surface area contributed by atoms with Gasteiger partial charge in [0.1, 0.15) is 0 Å². The lowest BCUT2D eigenvalue weighted by Gasteiger charge is -2.37. The van der Waals surface area contributed by atoms with Crippen LogP contribution in [0, 0.1) is 0 Å². The Morgan fingerprint density at radius 2 is 1.95 bits per heavy atom. The first-order valence-electron chi connectivity index (χ1n) is 6.78. The molecule has 19 heavy (non-hydrogen) atoms. The van der Waals surface area contributed by atoms with Gasteiger partial charge < -0.3 is 9.31 Å². The van der Waals surface area contributed by atoms with Crippen LogP contribution < -0.4 is 0 Å². The maximum Gasteiger partial charge on any atom is 0.486 e. The third-order valence-electron chi connectivity index (χ3n) is 3.05. The Balaban J connectivity index is 1.90. The molecule has 100 valence electrons. The number of hydrogen-bond acceptors (Lipinski definition) is 2. The van der Waals surface area contributed by atoms with Gasteiger partial charge in [-0.05, 0) is 32.8 Å². The molecule has 1 aromatic rings. The molecule has 1 aliphatic rings. The molecule has 1 aromatic carbocycles. The molecule has 2 nitrogen and oxygen atoms in total. The summed E-state index contributed by atoms with van der Waals surface area (Å²) in [5.41, 5.74) is 1.07. The van der Waals surface area contributed by atoms with Gasteiger partial charge in [-0.3, -0.25) is 0 Å². The van der Waals surface area contributed by atoms with E-state index >= 15 is 0 Å². The zero-order chi connectivity index (χ0) is 13.7. The molecule has 0 saturated carbocycles. The molecule has 0 aliphatic carbocycles. The largest absolute Gasteiger partial charge is 0.486 e. The van der Waals surface area contributed by atoms with Crippen LogP contribution in [0.15, 0.2) is 48.5 Å². The second-order valence-corrected chi connectivity index (χ2v) is 5.55. The normalized spacial score (nSPS) is 23.3. The van der Waals surface area contributed by atoms with Gasteiger partial charge >= 0.3 is 7.12 Å². The van der Waals surface area contributed by atoms with Gasteiger partial charge in [-0.1, -0.05) is 54.5 Å². The Hall–Kier alpha value is -1.32. The van der Waals surface area contributed by atoms with Crippen LogP contribution in [0.4, 0.5) is 0 Å². The minimum absolute atomic E-state index is 0.115. The Morgan fingerprint density at radius 1 is 1.21 bits per heavy atom. The van der Waals surface area contributed by atoms with E-state index in [9.17, 15) is 0 Å². The smallest absolute Gasteiger partial charge is 0.405 e. The van der Waals surface area contributed by atoms with Crippen LogP contribution in [-0.2, 0) is 9.31 Å². The summed E-state index contributed by atoms with van der Waals surface area (Å²) < 4.78 is 11.6. The van der Waals surface area contributed by atoms with Crippen LogP contribution in [-0.4, -0.2) is 18.8 Å². The molecule has 1 atom stereocenters. The summed E-state index contributed by atoms with van der Waals surface area (Å²) in [6, 6.07) is 10.2. The molecule has 1 unspecified atom stereocenters. The van der Waals surface area contributed by atoms with E-state index in [1.807, 2.05) is 36.3 Å². The van der Waals surface area contributed by atoms with E-state index in [0.717, 1.165) is 6.42 Å². The van der Waals surface area contributed by atoms with Gasteiger partial charge in [-0.25, -0.2) is 0 Å². The SMILES string of the molecule is CC1CC(C)(C)OB(/C=C/C=C\c2ccccc2)O1. The summed E-state index contributed by atoms with van der Waals surface area (Å²) in [5.74, 6) is 1.96. The maximum atomic E-state index is 5.85. The van der Waals surface area contributed by atoms with Gasteiger partial charge in [0.25, 0.3) is 0 Å². The zero-order valence-electron chi connectivity index (χ0n) is 11.9. The summed E-state index contributed by atoms with van der Waals surface area (Å²) in [6.45, 7) is 6.30. The number of benzene rings is 1. The highest BCUT2D eigenvalue weighted by molar-refractivity contribution is 6.51. The second-order valence-electron chi connectivity index (χ2n) is 5.55. The molecule has 3 heteroatoms. The van der Waals surface area contributed by atoms with Crippen molar-refractivity contribution in [2.75, 3.05) is 0 Å². The Labute approximate surface area is 116 Å². The Kier molecular flexibility index (Phi) is 4.62. The number of hydrogen-bond donors (Lipinski definition) is 0. The highest BCUT2D eigenvalue weighted by Crippen LogP contribution is 2.25.